The Morgan fingerprint density at radius 3 is 2.63 bits per heavy atom. The van der Waals surface area contributed by atoms with Crippen LogP contribution < -0.4 is 5.32 Å². The minimum Gasteiger partial charge on any atom is -0.338 e. The second-order valence-electron chi connectivity index (χ2n) is 5.85. The molecule has 2 fully saturated rings. The molecular weight excluding hydrogens is 256 g/mol. The van der Waals surface area contributed by atoms with E-state index in [-0.39, 0.29) is 6.04 Å². The van der Waals surface area contributed by atoms with Crippen LogP contribution in [0.15, 0.2) is 0 Å². The van der Waals surface area contributed by atoms with Crippen molar-refractivity contribution in [2.75, 3.05) is 19.3 Å². The normalized spacial score (nSPS) is 32.6. The van der Waals surface area contributed by atoms with Gasteiger partial charge in [0.15, 0.2) is 0 Å². The summed E-state index contributed by atoms with van der Waals surface area (Å²) in [6.45, 7) is 4.10. The summed E-state index contributed by atoms with van der Waals surface area (Å²) >= 11 is 1.99. The van der Waals surface area contributed by atoms with Gasteiger partial charge in [-0.05, 0) is 57.7 Å². The second kappa shape index (κ2) is 7.53. The maximum atomic E-state index is 12.5. The van der Waals surface area contributed by atoms with Gasteiger partial charge >= 0.3 is 0 Å². The summed E-state index contributed by atoms with van der Waals surface area (Å²) < 4.78 is 0. The number of carbonyl (C=O) groups is 1. The molecule has 110 valence electrons. The van der Waals surface area contributed by atoms with Crippen molar-refractivity contribution in [3.63, 3.8) is 0 Å². The number of piperidine rings is 1. The number of nitrogens with one attached hydrogen (secondary N) is 1. The second-order valence-corrected chi connectivity index (χ2v) is 6.98. The zero-order valence-corrected chi connectivity index (χ0v) is 13.2. The van der Waals surface area contributed by atoms with Crippen LogP contribution >= 0.6 is 11.8 Å². The Hall–Kier alpha value is -0.220. The molecule has 0 bridgehead atoms. The summed E-state index contributed by atoms with van der Waals surface area (Å²) in [6.07, 6.45) is 10.5. The van der Waals surface area contributed by atoms with Gasteiger partial charge in [0.1, 0.15) is 0 Å². The largest absolute Gasteiger partial charge is 0.338 e. The van der Waals surface area contributed by atoms with Crippen molar-refractivity contribution in [2.45, 2.75) is 69.2 Å². The van der Waals surface area contributed by atoms with Crippen molar-refractivity contribution in [3.8, 4) is 0 Å². The van der Waals surface area contributed by atoms with E-state index in [4.69, 9.17) is 0 Å². The lowest BCUT2D eigenvalue weighted by Gasteiger charge is -2.41. The van der Waals surface area contributed by atoms with E-state index in [0.717, 1.165) is 37.6 Å². The van der Waals surface area contributed by atoms with E-state index >= 15 is 0 Å². The predicted molar refractivity (Wildman–Crippen MR) is 82.6 cm³/mol. The lowest BCUT2D eigenvalue weighted by molar-refractivity contribution is -0.139. The van der Waals surface area contributed by atoms with Crippen molar-refractivity contribution >= 4 is 17.7 Å². The molecule has 2 rings (SSSR count). The van der Waals surface area contributed by atoms with Crippen molar-refractivity contribution in [1.29, 1.82) is 0 Å². The molecule has 1 N–H and O–H groups in total. The van der Waals surface area contributed by atoms with Gasteiger partial charge in [-0.2, -0.15) is 11.8 Å². The Labute approximate surface area is 121 Å². The maximum absolute atomic E-state index is 12.5. The van der Waals surface area contributed by atoms with Gasteiger partial charge < -0.3 is 10.2 Å². The van der Waals surface area contributed by atoms with Crippen LogP contribution in [-0.2, 0) is 4.79 Å². The zero-order chi connectivity index (χ0) is 13.7. The van der Waals surface area contributed by atoms with Gasteiger partial charge in [-0.3, -0.25) is 4.79 Å². The highest BCUT2D eigenvalue weighted by molar-refractivity contribution is 7.99. The summed E-state index contributed by atoms with van der Waals surface area (Å²) in [5, 5.41) is 4.24. The first-order valence-corrected chi connectivity index (χ1v) is 9.11. The third-order valence-electron chi connectivity index (χ3n) is 4.53. The SMILES string of the molecule is CCCNC1CCCN(C2CCC(SC)CC2)C1=O. The molecule has 1 saturated heterocycles. The number of nitrogens with zero attached hydrogens (tertiary/aromatic N) is 1. The van der Waals surface area contributed by atoms with Gasteiger partial charge in [0.2, 0.25) is 5.91 Å². The average molecular weight is 284 g/mol. The van der Waals surface area contributed by atoms with E-state index in [9.17, 15) is 4.79 Å². The average Bonchev–Trinajstić information content (AvgIpc) is 2.46. The molecule has 1 aliphatic heterocycles. The maximum Gasteiger partial charge on any atom is 0.239 e. The lowest BCUT2D eigenvalue weighted by Crippen LogP contribution is -2.55. The van der Waals surface area contributed by atoms with E-state index in [2.05, 4.69) is 23.4 Å². The number of hydrogen-bond acceptors (Lipinski definition) is 3. The highest BCUT2D eigenvalue weighted by atomic mass is 32.2. The molecule has 0 aromatic carbocycles. The smallest absolute Gasteiger partial charge is 0.239 e. The molecule has 1 saturated carbocycles. The Morgan fingerprint density at radius 1 is 1.26 bits per heavy atom. The fourth-order valence-electron chi connectivity index (χ4n) is 3.36. The molecule has 0 aromatic rings. The third kappa shape index (κ3) is 3.88. The third-order valence-corrected chi connectivity index (χ3v) is 5.67. The molecule has 0 radical (unpaired) electrons. The van der Waals surface area contributed by atoms with Crippen molar-refractivity contribution in [2.24, 2.45) is 0 Å². The first kappa shape index (κ1) is 15.2. The standard InChI is InChI=1S/C15H28N2OS/c1-3-10-16-14-5-4-11-17(15(14)18)12-6-8-13(19-2)9-7-12/h12-14,16H,3-11H2,1-2H3. The molecule has 1 aliphatic carbocycles. The van der Waals surface area contributed by atoms with Crippen LogP contribution in [0.2, 0.25) is 0 Å². The Kier molecular flexibility index (Phi) is 6.02. The predicted octanol–water partition coefficient (Wildman–Crippen LogP) is 2.65. The van der Waals surface area contributed by atoms with Gasteiger partial charge in [-0.25, -0.2) is 0 Å². The molecule has 0 spiro atoms. The number of hydrogen-bond donors (Lipinski definition) is 1. The Morgan fingerprint density at radius 2 is 2.00 bits per heavy atom. The van der Waals surface area contributed by atoms with Crippen LogP contribution in [0.25, 0.3) is 0 Å². The summed E-state index contributed by atoms with van der Waals surface area (Å²) in [6, 6.07) is 0.606. The van der Waals surface area contributed by atoms with E-state index < -0.39 is 0 Å². The lowest BCUT2D eigenvalue weighted by atomic mass is 9.91. The van der Waals surface area contributed by atoms with Crippen LogP contribution in [0.4, 0.5) is 0 Å². The highest BCUT2D eigenvalue weighted by Crippen LogP contribution is 2.31. The fourth-order valence-corrected chi connectivity index (χ4v) is 4.11. The molecular formula is C15H28N2OS. The number of amides is 1. The molecule has 19 heavy (non-hydrogen) atoms. The molecule has 0 aromatic heterocycles. The molecule has 1 heterocycles. The fraction of sp³-hybridized carbons (Fsp3) is 0.933. The zero-order valence-electron chi connectivity index (χ0n) is 12.4. The quantitative estimate of drug-likeness (QED) is 0.842. The highest BCUT2D eigenvalue weighted by Gasteiger charge is 2.34. The van der Waals surface area contributed by atoms with E-state index in [0.29, 0.717) is 11.9 Å². The van der Waals surface area contributed by atoms with Crippen molar-refractivity contribution in [3.05, 3.63) is 0 Å². The van der Waals surface area contributed by atoms with E-state index in [1.54, 1.807) is 0 Å². The van der Waals surface area contributed by atoms with Gasteiger partial charge in [0.25, 0.3) is 0 Å². The van der Waals surface area contributed by atoms with Gasteiger partial charge in [0, 0.05) is 17.8 Å². The Balaban J connectivity index is 1.87. The minimum atomic E-state index is 0.0898. The summed E-state index contributed by atoms with van der Waals surface area (Å²) in [4.78, 5) is 14.7. The number of carbonyl (C=O) groups excluding carboxylic acids is 1. The number of likely N-dealkylation sites (tertiary alicyclic amines) is 1. The van der Waals surface area contributed by atoms with Crippen LogP contribution in [0, 0.1) is 0 Å². The van der Waals surface area contributed by atoms with Gasteiger partial charge in [-0.1, -0.05) is 6.92 Å². The molecule has 3 nitrogen and oxygen atoms in total. The molecule has 2 aliphatic rings. The van der Waals surface area contributed by atoms with Crippen LogP contribution in [-0.4, -0.2) is 47.5 Å². The number of thioether (sulfide) groups is 1. The summed E-state index contributed by atoms with van der Waals surface area (Å²) in [5.41, 5.74) is 0. The topological polar surface area (TPSA) is 32.3 Å². The van der Waals surface area contributed by atoms with Crippen molar-refractivity contribution in [1.82, 2.24) is 10.2 Å². The van der Waals surface area contributed by atoms with Crippen LogP contribution in [0.3, 0.4) is 0 Å². The summed E-state index contributed by atoms with van der Waals surface area (Å²) in [7, 11) is 0. The monoisotopic (exact) mass is 284 g/mol. The van der Waals surface area contributed by atoms with E-state index in [1.165, 1.54) is 25.7 Å². The molecule has 1 unspecified atom stereocenters. The van der Waals surface area contributed by atoms with Crippen molar-refractivity contribution < 1.29 is 4.79 Å². The summed E-state index contributed by atoms with van der Waals surface area (Å²) in [5.74, 6) is 0.368. The van der Waals surface area contributed by atoms with Gasteiger partial charge in [0.05, 0.1) is 6.04 Å². The first-order valence-electron chi connectivity index (χ1n) is 7.83. The van der Waals surface area contributed by atoms with Crippen LogP contribution in [0.1, 0.15) is 51.9 Å². The van der Waals surface area contributed by atoms with Gasteiger partial charge in [-0.15, -0.1) is 0 Å². The van der Waals surface area contributed by atoms with Crippen LogP contribution in [0.5, 0.6) is 0 Å². The molecule has 1 amide bonds. The first-order chi connectivity index (χ1) is 9.26. The van der Waals surface area contributed by atoms with E-state index in [1.807, 2.05) is 11.8 Å². The molecule has 1 atom stereocenters. The minimum absolute atomic E-state index is 0.0898. The number of rotatable bonds is 5. The molecule has 4 heteroatoms. The Bertz CT molecular complexity index is 290.